The van der Waals surface area contributed by atoms with Gasteiger partial charge in [0, 0.05) is 10.4 Å². The van der Waals surface area contributed by atoms with Crippen molar-refractivity contribution in [3.63, 3.8) is 0 Å². The summed E-state index contributed by atoms with van der Waals surface area (Å²) >= 11 is 15.3. The van der Waals surface area contributed by atoms with Crippen molar-refractivity contribution in [1.82, 2.24) is 0 Å². The van der Waals surface area contributed by atoms with Crippen LogP contribution in [-0.2, 0) is 11.3 Å². The Bertz CT molecular complexity index is 340. The molecule has 0 bridgehead atoms. The van der Waals surface area contributed by atoms with E-state index in [0.29, 0.717) is 10.9 Å². The largest absolute Gasteiger partial charge is 0.121 e. The van der Waals surface area contributed by atoms with Crippen molar-refractivity contribution >= 4 is 39.1 Å². The fraction of sp³-hybridized carbons (Fsp3) is 0.455. The second-order valence-corrected chi connectivity index (χ2v) is 5.81. The fourth-order valence-corrected chi connectivity index (χ4v) is 2.13. The van der Waals surface area contributed by atoms with Crippen LogP contribution < -0.4 is 0 Å². The minimum atomic E-state index is 0.119. The van der Waals surface area contributed by atoms with Gasteiger partial charge < -0.3 is 0 Å². The molecule has 0 heterocycles. The molecule has 0 N–H and O–H groups in total. The summed E-state index contributed by atoms with van der Waals surface area (Å²) in [4.78, 5) is 0. The molecule has 3 heteroatoms. The van der Waals surface area contributed by atoms with Crippen LogP contribution in [0.3, 0.4) is 0 Å². The van der Waals surface area contributed by atoms with Gasteiger partial charge in [0.05, 0.1) is 5.02 Å². The van der Waals surface area contributed by atoms with Gasteiger partial charge in [0.15, 0.2) is 0 Å². The van der Waals surface area contributed by atoms with E-state index in [4.69, 9.17) is 23.2 Å². The van der Waals surface area contributed by atoms with Gasteiger partial charge in [0.25, 0.3) is 0 Å². The molecule has 0 nitrogen and oxygen atoms in total. The van der Waals surface area contributed by atoms with Crippen LogP contribution in [0.2, 0.25) is 5.02 Å². The normalized spacial score (nSPS) is 11.9. The lowest BCUT2D eigenvalue weighted by atomic mass is 9.86. The molecule has 0 aliphatic rings. The summed E-state index contributed by atoms with van der Waals surface area (Å²) in [6.45, 7) is 6.50. The highest BCUT2D eigenvalue weighted by Crippen LogP contribution is 2.33. The number of halogens is 3. The van der Waals surface area contributed by atoms with Crippen LogP contribution in [0.5, 0.6) is 0 Å². The topological polar surface area (TPSA) is 0 Å². The predicted octanol–water partition coefficient (Wildman–Crippen LogP) is 5.14. The molecule has 14 heavy (non-hydrogen) atoms. The summed E-state index contributed by atoms with van der Waals surface area (Å²) in [5, 5.41) is 0.716. The molecule has 1 aromatic rings. The van der Waals surface area contributed by atoms with Crippen LogP contribution in [0.25, 0.3) is 0 Å². The van der Waals surface area contributed by atoms with E-state index in [1.165, 1.54) is 5.56 Å². The first kappa shape index (κ1) is 12.4. The van der Waals surface area contributed by atoms with Gasteiger partial charge in [-0.05, 0) is 38.5 Å². The molecule has 78 valence electrons. The molecule has 0 aliphatic carbocycles. The van der Waals surface area contributed by atoms with E-state index < -0.39 is 0 Å². The Morgan fingerprint density at radius 3 is 2.29 bits per heavy atom. The van der Waals surface area contributed by atoms with Crippen LogP contribution in [0.4, 0.5) is 0 Å². The third kappa shape index (κ3) is 2.65. The van der Waals surface area contributed by atoms with Gasteiger partial charge in [-0.15, -0.1) is 11.6 Å². The number of rotatable bonds is 1. The van der Waals surface area contributed by atoms with Gasteiger partial charge in [-0.1, -0.05) is 38.4 Å². The SMILES string of the molecule is CC(C)(C)c1cc(Br)c(Cl)c(CCl)c1. The number of hydrogen-bond acceptors (Lipinski definition) is 0. The van der Waals surface area contributed by atoms with Gasteiger partial charge in [0.2, 0.25) is 0 Å². The van der Waals surface area contributed by atoms with Crippen LogP contribution >= 0.6 is 39.1 Å². The van der Waals surface area contributed by atoms with E-state index in [9.17, 15) is 0 Å². The van der Waals surface area contributed by atoms with Crippen molar-refractivity contribution in [1.29, 1.82) is 0 Å². The highest BCUT2D eigenvalue weighted by atomic mass is 79.9. The molecule has 0 saturated carbocycles. The Balaban J connectivity index is 3.30. The minimum absolute atomic E-state index is 0.119. The maximum atomic E-state index is 6.08. The van der Waals surface area contributed by atoms with Crippen molar-refractivity contribution in [3.05, 3.63) is 32.8 Å². The molecule has 0 fully saturated rings. The Kier molecular flexibility index (Phi) is 3.90. The first-order valence-electron chi connectivity index (χ1n) is 4.40. The Labute approximate surface area is 104 Å². The molecular weight excluding hydrogens is 283 g/mol. The Hall–Kier alpha value is 0.280. The molecule has 1 rings (SSSR count). The summed E-state index contributed by atoms with van der Waals surface area (Å²) < 4.78 is 0.919. The second kappa shape index (κ2) is 4.42. The fourth-order valence-electron chi connectivity index (χ4n) is 1.18. The second-order valence-electron chi connectivity index (χ2n) is 4.31. The first-order valence-corrected chi connectivity index (χ1v) is 6.11. The number of alkyl halides is 1. The van der Waals surface area contributed by atoms with E-state index in [2.05, 4.69) is 48.8 Å². The zero-order valence-electron chi connectivity index (χ0n) is 8.50. The van der Waals surface area contributed by atoms with Crippen molar-refractivity contribution in [2.75, 3.05) is 0 Å². The van der Waals surface area contributed by atoms with Crippen LogP contribution in [0.1, 0.15) is 31.9 Å². The van der Waals surface area contributed by atoms with E-state index in [0.717, 1.165) is 10.0 Å². The molecule has 0 spiro atoms. The van der Waals surface area contributed by atoms with E-state index in [1.54, 1.807) is 0 Å². The van der Waals surface area contributed by atoms with Crippen LogP contribution in [-0.4, -0.2) is 0 Å². The van der Waals surface area contributed by atoms with Crippen molar-refractivity contribution in [3.8, 4) is 0 Å². The Morgan fingerprint density at radius 1 is 1.29 bits per heavy atom. The number of hydrogen-bond donors (Lipinski definition) is 0. The summed E-state index contributed by atoms with van der Waals surface area (Å²) in [6.07, 6.45) is 0. The molecule has 0 atom stereocenters. The van der Waals surface area contributed by atoms with Gasteiger partial charge in [-0.2, -0.15) is 0 Å². The summed E-state index contributed by atoms with van der Waals surface area (Å²) in [6, 6.07) is 4.12. The third-order valence-electron chi connectivity index (χ3n) is 2.11. The molecular formula is C11H13BrCl2. The highest BCUT2D eigenvalue weighted by Gasteiger charge is 2.16. The molecule has 1 aromatic carbocycles. The highest BCUT2D eigenvalue weighted by molar-refractivity contribution is 9.10. The smallest absolute Gasteiger partial charge is 0.0592 e. The van der Waals surface area contributed by atoms with Crippen LogP contribution in [0.15, 0.2) is 16.6 Å². The van der Waals surface area contributed by atoms with E-state index in [1.807, 2.05) is 0 Å². The lowest BCUT2D eigenvalue weighted by Gasteiger charge is -2.20. The zero-order valence-corrected chi connectivity index (χ0v) is 11.6. The first-order chi connectivity index (χ1) is 6.36. The van der Waals surface area contributed by atoms with Gasteiger partial charge in [-0.25, -0.2) is 0 Å². The lowest BCUT2D eigenvalue weighted by molar-refractivity contribution is 0.589. The maximum Gasteiger partial charge on any atom is 0.0592 e. The number of benzene rings is 1. The van der Waals surface area contributed by atoms with Gasteiger partial charge in [-0.3, -0.25) is 0 Å². The molecule has 0 aromatic heterocycles. The van der Waals surface area contributed by atoms with Gasteiger partial charge in [0.1, 0.15) is 0 Å². The lowest BCUT2D eigenvalue weighted by Crippen LogP contribution is -2.11. The molecule has 0 unspecified atom stereocenters. The molecule has 0 radical (unpaired) electrons. The van der Waals surface area contributed by atoms with Gasteiger partial charge >= 0.3 is 0 Å². The predicted molar refractivity (Wildman–Crippen MR) is 67.4 cm³/mol. The summed E-state index contributed by atoms with van der Waals surface area (Å²) in [7, 11) is 0. The monoisotopic (exact) mass is 294 g/mol. The summed E-state index contributed by atoms with van der Waals surface area (Å²) in [5.74, 6) is 0.446. The average molecular weight is 296 g/mol. The molecule has 0 aliphatic heterocycles. The van der Waals surface area contributed by atoms with E-state index in [-0.39, 0.29) is 5.41 Å². The molecule has 0 amide bonds. The van der Waals surface area contributed by atoms with E-state index >= 15 is 0 Å². The molecule has 0 saturated heterocycles. The van der Waals surface area contributed by atoms with Crippen LogP contribution in [0, 0.1) is 0 Å². The average Bonchev–Trinajstić information content (AvgIpc) is 2.07. The quantitative estimate of drug-likeness (QED) is 0.629. The minimum Gasteiger partial charge on any atom is -0.121 e. The standard InChI is InChI=1S/C11H13BrCl2/c1-11(2,3)8-4-7(6-13)10(14)9(12)5-8/h4-5H,6H2,1-3H3. The van der Waals surface area contributed by atoms with Crippen molar-refractivity contribution < 1.29 is 0 Å². The van der Waals surface area contributed by atoms with Crippen molar-refractivity contribution in [2.45, 2.75) is 32.1 Å². The zero-order chi connectivity index (χ0) is 10.9. The third-order valence-corrected chi connectivity index (χ3v) is 3.70. The Morgan fingerprint density at radius 2 is 1.86 bits per heavy atom. The maximum absolute atomic E-state index is 6.08. The van der Waals surface area contributed by atoms with Crippen molar-refractivity contribution in [2.24, 2.45) is 0 Å². The summed E-state index contributed by atoms with van der Waals surface area (Å²) in [5.41, 5.74) is 2.34.